The molecule has 0 atom stereocenters. The Bertz CT molecular complexity index is 607. The van der Waals surface area contributed by atoms with Crippen LogP contribution >= 0.6 is 0 Å². The monoisotopic (exact) mass is 275 g/mol. The average molecular weight is 275 g/mol. The molecule has 1 aromatic heterocycles. The number of aromatic nitrogens is 2. The van der Waals surface area contributed by atoms with E-state index in [1.807, 2.05) is 24.3 Å². The van der Waals surface area contributed by atoms with E-state index in [1.54, 1.807) is 0 Å². The first-order chi connectivity index (χ1) is 9.41. The third kappa shape index (κ3) is 3.03. The second-order valence-corrected chi connectivity index (χ2v) is 5.46. The minimum absolute atomic E-state index is 0.0674. The highest BCUT2D eigenvalue weighted by Gasteiger charge is 2.18. The van der Waals surface area contributed by atoms with Crippen LogP contribution in [0.2, 0.25) is 0 Å². The summed E-state index contributed by atoms with van der Waals surface area (Å²) in [7, 11) is 0. The van der Waals surface area contributed by atoms with E-state index in [4.69, 9.17) is 5.84 Å². The second-order valence-electron chi connectivity index (χ2n) is 5.46. The molecule has 0 spiro atoms. The Morgan fingerprint density at radius 3 is 2.55 bits per heavy atom. The highest BCUT2D eigenvalue weighted by molar-refractivity contribution is 5.63. The van der Waals surface area contributed by atoms with Gasteiger partial charge in [0.25, 0.3) is 0 Å². The maximum Gasteiger partial charge on any atom is 0.239 e. The molecule has 0 aliphatic rings. The summed E-state index contributed by atoms with van der Waals surface area (Å²) < 4.78 is 13.8. The average Bonchev–Trinajstić information content (AvgIpc) is 2.41. The summed E-state index contributed by atoms with van der Waals surface area (Å²) in [6.07, 6.45) is 1.07. The third-order valence-corrected chi connectivity index (χ3v) is 2.86. The van der Waals surface area contributed by atoms with Crippen LogP contribution in [0.5, 0.6) is 0 Å². The first-order valence-corrected chi connectivity index (χ1v) is 6.27. The summed E-state index contributed by atoms with van der Waals surface area (Å²) >= 11 is 0. The first kappa shape index (κ1) is 14.2. The van der Waals surface area contributed by atoms with Gasteiger partial charge in [-0.3, -0.25) is 5.43 Å². The van der Waals surface area contributed by atoms with Gasteiger partial charge >= 0.3 is 0 Å². The summed E-state index contributed by atoms with van der Waals surface area (Å²) in [6, 6.07) is 7.73. The van der Waals surface area contributed by atoms with Gasteiger partial charge in [-0.25, -0.2) is 15.2 Å². The van der Waals surface area contributed by atoms with E-state index in [2.05, 4.69) is 41.5 Å². The van der Waals surface area contributed by atoms with Crippen molar-refractivity contribution in [2.24, 2.45) is 5.84 Å². The zero-order chi connectivity index (χ0) is 14.8. The number of benzene rings is 1. The number of nitrogen functional groups attached to an aromatic ring is 1. The maximum atomic E-state index is 13.8. The number of hydrogen-bond donors (Lipinski definition) is 3. The number of hydrazine groups is 1. The van der Waals surface area contributed by atoms with Crippen molar-refractivity contribution in [3.05, 3.63) is 41.8 Å². The number of nitrogens with zero attached hydrogens (tertiary/aromatic N) is 2. The molecular weight excluding hydrogens is 257 g/mol. The smallest absolute Gasteiger partial charge is 0.239 e. The van der Waals surface area contributed by atoms with Gasteiger partial charge in [-0.05, 0) is 17.0 Å². The Morgan fingerprint density at radius 2 is 1.90 bits per heavy atom. The van der Waals surface area contributed by atoms with Crippen molar-refractivity contribution in [3.8, 4) is 0 Å². The highest BCUT2D eigenvalue weighted by atomic mass is 19.1. The van der Waals surface area contributed by atoms with Crippen molar-refractivity contribution >= 4 is 17.5 Å². The molecule has 20 heavy (non-hydrogen) atoms. The van der Waals surface area contributed by atoms with Gasteiger partial charge in [-0.15, -0.1) is 0 Å². The van der Waals surface area contributed by atoms with Gasteiger partial charge in [0.2, 0.25) is 5.95 Å². The molecule has 1 heterocycles. The van der Waals surface area contributed by atoms with Crippen molar-refractivity contribution in [1.82, 2.24) is 9.97 Å². The minimum Gasteiger partial charge on any atom is -0.337 e. The Labute approximate surface area is 117 Å². The lowest BCUT2D eigenvalue weighted by molar-refractivity contribution is 0.591. The van der Waals surface area contributed by atoms with Gasteiger partial charge in [0.15, 0.2) is 11.6 Å². The lowest BCUT2D eigenvalue weighted by Gasteiger charge is -2.23. The van der Waals surface area contributed by atoms with Gasteiger partial charge < -0.3 is 5.32 Å². The van der Waals surface area contributed by atoms with Crippen LogP contribution in [-0.4, -0.2) is 9.97 Å². The van der Waals surface area contributed by atoms with Crippen molar-refractivity contribution in [2.75, 3.05) is 10.7 Å². The van der Waals surface area contributed by atoms with E-state index in [0.717, 1.165) is 17.4 Å². The molecule has 0 saturated carbocycles. The standard InChI is InChI=1S/C14H18FN5/c1-14(2,3)9-6-4-5-7-11(9)18-12-10(15)8-17-13(19-12)20-16/h4-8H,16H2,1-3H3,(H2,17,18,19,20). The summed E-state index contributed by atoms with van der Waals surface area (Å²) in [5.74, 6) is 4.94. The fourth-order valence-electron chi connectivity index (χ4n) is 1.90. The summed E-state index contributed by atoms with van der Waals surface area (Å²) in [6.45, 7) is 6.28. The number of hydrogen-bond acceptors (Lipinski definition) is 5. The fourth-order valence-corrected chi connectivity index (χ4v) is 1.90. The number of rotatable bonds is 3. The summed E-state index contributed by atoms with van der Waals surface area (Å²) in [5, 5.41) is 3.00. The van der Waals surface area contributed by atoms with E-state index in [0.29, 0.717) is 0 Å². The fraction of sp³-hybridized carbons (Fsp3) is 0.286. The lowest BCUT2D eigenvalue weighted by Crippen LogP contribution is -2.15. The van der Waals surface area contributed by atoms with Crippen LogP contribution in [0.1, 0.15) is 26.3 Å². The first-order valence-electron chi connectivity index (χ1n) is 6.27. The molecule has 2 aromatic rings. The Kier molecular flexibility index (Phi) is 3.85. The van der Waals surface area contributed by atoms with Gasteiger partial charge in [-0.1, -0.05) is 39.0 Å². The number of anilines is 3. The minimum atomic E-state index is -0.535. The van der Waals surface area contributed by atoms with Crippen LogP contribution in [-0.2, 0) is 5.41 Å². The molecule has 6 heteroatoms. The molecule has 0 amide bonds. The van der Waals surface area contributed by atoms with Crippen molar-refractivity contribution in [2.45, 2.75) is 26.2 Å². The van der Waals surface area contributed by atoms with Crippen molar-refractivity contribution in [3.63, 3.8) is 0 Å². The van der Waals surface area contributed by atoms with E-state index < -0.39 is 5.82 Å². The predicted octanol–water partition coefficient (Wildman–Crippen LogP) is 2.94. The molecular formula is C14H18FN5. The number of halogens is 1. The third-order valence-electron chi connectivity index (χ3n) is 2.86. The van der Waals surface area contributed by atoms with Gasteiger partial charge in [0, 0.05) is 5.69 Å². The van der Waals surface area contributed by atoms with Crippen LogP contribution in [0.3, 0.4) is 0 Å². The van der Waals surface area contributed by atoms with Crippen molar-refractivity contribution in [1.29, 1.82) is 0 Å². The second kappa shape index (κ2) is 5.42. The Morgan fingerprint density at radius 1 is 1.20 bits per heavy atom. The Balaban J connectivity index is 2.40. The number of nitrogens with one attached hydrogen (secondary N) is 2. The quantitative estimate of drug-likeness (QED) is 0.593. The van der Waals surface area contributed by atoms with Crippen LogP contribution in [0, 0.1) is 5.82 Å². The van der Waals surface area contributed by atoms with Crippen molar-refractivity contribution < 1.29 is 4.39 Å². The molecule has 5 nitrogen and oxygen atoms in total. The molecule has 0 radical (unpaired) electrons. The zero-order valence-corrected chi connectivity index (χ0v) is 11.7. The van der Waals surface area contributed by atoms with E-state index >= 15 is 0 Å². The van der Waals surface area contributed by atoms with Gasteiger partial charge in [-0.2, -0.15) is 4.98 Å². The molecule has 0 fully saturated rings. The summed E-state index contributed by atoms with van der Waals surface area (Å²) in [4.78, 5) is 7.68. The molecule has 0 aliphatic heterocycles. The normalized spacial score (nSPS) is 11.2. The molecule has 4 N–H and O–H groups in total. The van der Waals surface area contributed by atoms with Crippen LogP contribution in [0.15, 0.2) is 30.5 Å². The molecule has 0 bridgehead atoms. The predicted molar refractivity (Wildman–Crippen MR) is 78.2 cm³/mol. The molecule has 0 saturated heterocycles. The highest BCUT2D eigenvalue weighted by Crippen LogP contribution is 2.31. The van der Waals surface area contributed by atoms with E-state index in [9.17, 15) is 4.39 Å². The maximum absolute atomic E-state index is 13.8. The molecule has 2 rings (SSSR count). The van der Waals surface area contributed by atoms with Crippen LogP contribution in [0.25, 0.3) is 0 Å². The topological polar surface area (TPSA) is 75.9 Å². The number of nitrogens with two attached hydrogens (primary N) is 1. The zero-order valence-electron chi connectivity index (χ0n) is 11.7. The van der Waals surface area contributed by atoms with Crippen LogP contribution in [0.4, 0.5) is 21.8 Å². The molecule has 106 valence electrons. The van der Waals surface area contributed by atoms with Gasteiger partial charge in [0.1, 0.15) is 0 Å². The van der Waals surface area contributed by atoms with Crippen LogP contribution < -0.4 is 16.6 Å². The van der Waals surface area contributed by atoms with E-state index in [1.165, 1.54) is 0 Å². The van der Waals surface area contributed by atoms with E-state index in [-0.39, 0.29) is 17.2 Å². The molecule has 0 unspecified atom stereocenters. The Hall–Kier alpha value is -2.21. The largest absolute Gasteiger partial charge is 0.337 e. The lowest BCUT2D eigenvalue weighted by atomic mass is 9.86. The SMILES string of the molecule is CC(C)(C)c1ccccc1Nc1nc(NN)ncc1F. The molecule has 0 aliphatic carbocycles. The number of para-hydroxylation sites is 1. The molecule has 1 aromatic carbocycles. The summed E-state index contributed by atoms with van der Waals surface area (Å²) in [5.41, 5.74) is 4.10. The van der Waals surface area contributed by atoms with Gasteiger partial charge in [0.05, 0.1) is 6.20 Å².